The fraction of sp³-hybridized carbons (Fsp3) is 0.643. The lowest BCUT2D eigenvalue weighted by Gasteiger charge is -2.28. The van der Waals surface area contributed by atoms with Crippen LogP contribution in [0.4, 0.5) is 4.79 Å². The van der Waals surface area contributed by atoms with Crippen molar-refractivity contribution in [1.29, 1.82) is 0 Å². The second kappa shape index (κ2) is 6.43. The molecule has 3 amide bonds. The maximum atomic E-state index is 12.2. The normalized spacial score (nSPS) is 18.7. The number of hydrogen-bond acceptors (Lipinski definition) is 4. The van der Waals surface area contributed by atoms with Gasteiger partial charge in [0.25, 0.3) is 0 Å². The molecule has 1 heterocycles. The van der Waals surface area contributed by atoms with Gasteiger partial charge in [-0.05, 0) is 33.1 Å². The van der Waals surface area contributed by atoms with E-state index in [1.807, 2.05) is 6.92 Å². The number of amides is 3. The van der Waals surface area contributed by atoms with E-state index in [0.29, 0.717) is 6.54 Å². The number of carbonyl (C=O) groups excluding carboxylic acids is 2. The van der Waals surface area contributed by atoms with Crippen LogP contribution < -0.4 is 11.1 Å². The summed E-state index contributed by atoms with van der Waals surface area (Å²) in [5, 5.41) is 3.51. The van der Waals surface area contributed by atoms with E-state index in [2.05, 4.69) is 10.3 Å². The molecule has 3 N–H and O–H groups in total. The van der Waals surface area contributed by atoms with Crippen LogP contribution in [-0.4, -0.2) is 41.5 Å². The number of nitrogens with two attached hydrogens (primary N) is 1. The molecule has 7 heteroatoms. The topological polar surface area (TPSA) is 88.3 Å². The number of nitrogens with one attached hydrogen (secondary N) is 1. The Bertz CT molecular complexity index is 543. The van der Waals surface area contributed by atoms with Crippen LogP contribution in [-0.2, 0) is 11.2 Å². The summed E-state index contributed by atoms with van der Waals surface area (Å²) in [5.74, 6) is 0.154. The Morgan fingerprint density at radius 3 is 2.95 bits per heavy atom. The van der Waals surface area contributed by atoms with Crippen LogP contribution in [0.2, 0.25) is 0 Å². The highest BCUT2D eigenvalue weighted by Crippen LogP contribution is 2.34. The van der Waals surface area contributed by atoms with E-state index < -0.39 is 12.1 Å². The van der Waals surface area contributed by atoms with Gasteiger partial charge in [0.15, 0.2) is 0 Å². The molecule has 116 valence electrons. The summed E-state index contributed by atoms with van der Waals surface area (Å²) in [5.41, 5.74) is 6.20. The summed E-state index contributed by atoms with van der Waals surface area (Å²) >= 11 is 1.76. The SMILES string of the molecule is Cc1nc2c(s1)CCC[C@@H]2CN(C)C(=O)[C@H](C)NC(N)=O. The Labute approximate surface area is 128 Å². The van der Waals surface area contributed by atoms with Gasteiger partial charge in [0.2, 0.25) is 5.91 Å². The molecule has 0 bridgehead atoms. The zero-order valence-corrected chi connectivity index (χ0v) is 13.5. The molecule has 2 rings (SSSR count). The Hall–Kier alpha value is -1.63. The van der Waals surface area contributed by atoms with Crippen molar-refractivity contribution in [2.45, 2.75) is 45.1 Å². The number of aromatic nitrogens is 1. The molecule has 0 saturated heterocycles. The number of primary amides is 1. The number of thiazole rings is 1. The summed E-state index contributed by atoms with van der Waals surface area (Å²) in [6.07, 6.45) is 3.27. The lowest BCUT2D eigenvalue weighted by molar-refractivity contribution is -0.131. The zero-order chi connectivity index (χ0) is 15.6. The Morgan fingerprint density at radius 2 is 2.29 bits per heavy atom. The number of fused-ring (bicyclic) bond motifs is 1. The Kier molecular flexibility index (Phi) is 4.82. The van der Waals surface area contributed by atoms with Crippen LogP contribution in [0.3, 0.4) is 0 Å². The number of carbonyl (C=O) groups is 2. The monoisotopic (exact) mass is 310 g/mol. The highest BCUT2D eigenvalue weighted by Gasteiger charge is 2.27. The highest BCUT2D eigenvalue weighted by atomic mass is 32.1. The number of rotatable bonds is 4. The van der Waals surface area contributed by atoms with Gasteiger partial charge in [-0.3, -0.25) is 4.79 Å². The van der Waals surface area contributed by atoms with Crippen LogP contribution in [0.25, 0.3) is 0 Å². The van der Waals surface area contributed by atoms with E-state index in [0.717, 1.165) is 30.0 Å². The molecule has 21 heavy (non-hydrogen) atoms. The summed E-state index contributed by atoms with van der Waals surface area (Å²) in [4.78, 5) is 30.7. The molecule has 0 radical (unpaired) electrons. The minimum Gasteiger partial charge on any atom is -0.352 e. The van der Waals surface area contributed by atoms with Crippen molar-refractivity contribution in [3.05, 3.63) is 15.6 Å². The van der Waals surface area contributed by atoms with E-state index in [4.69, 9.17) is 5.73 Å². The third-order valence-electron chi connectivity index (χ3n) is 3.78. The van der Waals surface area contributed by atoms with E-state index in [1.54, 1.807) is 30.2 Å². The van der Waals surface area contributed by atoms with Gasteiger partial charge in [-0.15, -0.1) is 11.3 Å². The number of likely N-dealkylation sites (N-methyl/N-ethyl adjacent to an activating group) is 1. The smallest absolute Gasteiger partial charge is 0.312 e. The van der Waals surface area contributed by atoms with Crippen LogP contribution in [0.1, 0.15) is 41.3 Å². The van der Waals surface area contributed by atoms with E-state index in [1.165, 1.54) is 4.88 Å². The minimum absolute atomic E-state index is 0.132. The molecule has 0 aliphatic heterocycles. The van der Waals surface area contributed by atoms with Gasteiger partial charge >= 0.3 is 6.03 Å². The number of nitrogens with zero attached hydrogens (tertiary/aromatic N) is 2. The van der Waals surface area contributed by atoms with Crippen LogP contribution in [0.5, 0.6) is 0 Å². The van der Waals surface area contributed by atoms with Gasteiger partial charge in [0.1, 0.15) is 6.04 Å². The van der Waals surface area contributed by atoms with Crippen molar-refractivity contribution in [2.75, 3.05) is 13.6 Å². The molecule has 6 nitrogen and oxygen atoms in total. The molecule has 1 aliphatic rings. The summed E-state index contributed by atoms with van der Waals surface area (Å²) in [7, 11) is 1.76. The van der Waals surface area contributed by atoms with Gasteiger partial charge in [-0.25, -0.2) is 9.78 Å². The average Bonchev–Trinajstić information content (AvgIpc) is 2.78. The fourth-order valence-corrected chi connectivity index (χ4v) is 3.90. The molecule has 0 aromatic carbocycles. The largest absolute Gasteiger partial charge is 0.352 e. The molecule has 1 aromatic heterocycles. The summed E-state index contributed by atoms with van der Waals surface area (Å²) in [6, 6.07) is -1.29. The fourth-order valence-electron chi connectivity index (χ4n) is 2.83. The number of aryl methyl sites for hydroxylation is 2. The minimum atomic E-state index is -0.681. The molecule has 1 aliphatic carbocycles. The molecule has 0 unspecified atom stereocenters. The van der Waals surface area contributed by atoms with Crippen LogP contribution >= 0.6 is 11.3 Å². The highest BCUT2D eigenvalue weighted by molar-refractivity contribution is 7.11. The lowest BCUT2D eigenvalue weighted by Crippen LogP contribution is -2.48. The Morgan fingerprint density at radius 1 is 1.57 bits per heavy atom. The quantitative estimate of drug-likeness (QED) is 0.880. The molecule has 0 spiro atoms. The van der Waals surface area contributed by atoms with Crippen LogP contribution in [0, 0.1) is 6.92 Å². The first kappa shape index (κ1) is 15.8. The molecule has 1 aromatic rings. The van der Waals surface area contributed by atoms with Gasteiger partial charge < -0.3 is 16.0 Å². The maximum absolute atomic E-state index is 12.2. The summed E-state index contributed by atoms with van der Waals surface area (Å²) < 4.78 is 0. The maximum Gasteiger partial charge on any atom is 0.312 e. The van der Waals surface area contributed by atoms with Crippen molar-refractivity contribution in [2.24, 2.45) is 5.73 Å². The third kappa shape index (κ3) is 3.72. The van der Waals surface area contributed by atoms with E-state index in [9.17, 15) is 9.59 Å². The van der Waals surface area contributed by atoms with Gasteiger partial charge in [-0.1, -0.05) is 0 Å². The predicted molar refractivity (Wildman–Crippen MR) is 82.3 cm³/mol. The molecule has 0 saturated carbocycles. The molecular formula is C14H22N4O2S. The lowest BCUT2D eigenvalue weighted by atomic mass is 9.90. The first-order chi connectivity index (χ1) is 9.88. The van der Waals surface area contributed by atoms with Crippen molar-refractivity contribution in [3.63, 3.8) is 0 Å². The number of hydrogen-bond donors (Lipinski definition) is 2. The standard InChI is InChI=1S/C14H22N4O2S/c1-8(16-14(15)20)13(19)18(3)7-10-5-4-6-11-12(10)17-9(2)21-11/h8,10H,4-7H2,1-3H3,(H3,15,16,20)/t8-,10+/m0/s1. The second-order valence-corrected chi connectivity index (χ2v) is 6.87. The van der Waals surface area contributed by atoms with E-state index in [-0.39, 0.29) is 11.8 Å². The van der Waals surface area contributed by atoms with Crippen molar-refractivity contribution < 1.29 is 9.59 Å². The van der Waals surface area contributed by atoms with Crippen molar-refractivity contribution in [3.8, 4) is 0 Å². The van der Waals surface area contributed by atoms with Gasteiger partial charge in [-0.2, -0.15) is 0 Å². The second-order valence-electron chi connectivity index (χ2n) is 5.58. The molecule has 2 atom stereocenters. The zero-order valence-electron chi connectivity index (χ0n) is 12.7. The molecule has 0 fully saturated rings. The Balaban J connectivity index is 2.01. The van der Waals surface area contributed by atoms with Gasteiger partial charge in [0, 0.05) is 24.4 Å². The van der Waals surface area contributed by atoms with Crippen molar-refractivity contribution in [1.82, 2.24) is 15.2 Å². The average molecular weight is 310 g/mol. The third-order valence-corrected chi connectivity index (χ3v) is 4.82. The number of urea groups is 1. The van der Waals surface area contributed by atoms with Crippen LogP contribution in [0.15, 0.2) is 0 Å². The van der Waals surface area contributed by atoms with Crippen molar-refractivity contribution >= 4 is 23.3 Å². The predicted octanol–water partition coefficient (Wildman–Crippen LogP) is 1.39. The first-order valence-corrected chi connectivity index (χ1v) is 7.97. The van der Waals surface area contributed by atoms with E-state index >= 15 is 0 Å². The summed E-state index contributed by atoms with van der Waals surface area (Å²) in [6.45, 7) is 4.29. The first-order valence-electron chi connectivity index (χ1n) is 7.15. The van der Waals surface area contributed by atoms with Gasteiger partial charge in [0.05, 0.1) is 10.7 Å². The molecular weight excluding hydrogens is 288 g/mol.